The van der Waals surface area contributed by atoms with E-state index < -0.39 is 5.82 Å². The van der Waals surface area contributed by atoms with Gasteiger partial charge in [0.15, 0.2) is 0 Å². The van der Waals surface area contributed by atoms with Crippen LogP contribution in [0.15, 0.2) is 64.5 Å². The van der Waals surface area contributed by atoms with Gasteiger partial charge in [-0.05, 0) is 41.3 Å². The lowest BCUT2D eigenvalue weighted by molar-refractivity contribution is -0.115. The van der Waals surface area contributed by atoms with E-state index >= 15 is 0 Å². The molecule has 5 nitrogen and oxygen atoms in total. The van der Waals surface area contributed by atoms with Crippen molar-refractivity contribution in [3.63, 3.8) is 0 Å². The lowest BCUT2D eigenvalue weighted by atomic mass is 10.1. The summed E-state index contributed by atoms with van der Waals surface area (Å²) in [5.41, 5.74) is 1.72. The molecule has 0 saturated carbocycles. The first kappa shape index (κ1) is 18.0. The minimum atomic E-state index is -0.395. The van der Waals surface area contributed by atoms with Gasteiger partial charge in [0.25, 0.3) is 5.89 Å². The van der Waals surface area contributed by atoms with Crippen molar-refractivity contribution in [3.8, 4) is 22.2 Å². The molecule has 2 aromatic carbocycles. The molecule has 0 bridgehead atoms. The molecule has 0 aliphatic carbocycles. The number of thiophene rings is 1. The van der Waals surface area contributed by atoms with E-state index in [0.29, 0.717) is 21.7 Å². The van der Waals surface area contributed by atoms with Crippen LogP contribution in [0.1, 0.15) is 5.56 Å². The maximum absolute atomic E-state index is 13.4. The number of rotatable bonds is 5. The fraction of sp³-hybridized carbons (Fsp3) is 0.0500. The van der Waals surface area contributed by atoms with Crippen LogP contribution in [0.3, 0.4) is 0 Å². The van der Waals surface area contributed by atoms with Gasteiger partial charge in [-0.25, -0.2) is 8.78 Å². The Morgan fingerprint density at radius 3 is 2.68 bits per heavy atom. The van der Waals surface area contributed by atoms with Gasteiger partial charge < -0.3 is 9.84 Å². The van der Waals surface area contributed by atoms with E-state index in [9.17, 15) is 13.6 Å². The zero-order valence-electron chi connectivity index (χ0n) is 14.4. The molecule has 140 valence electrons. The number of hydrogen-bond acceptors (Lipinski definition) is 5. The van der Waals surface area contributed by atoms with Crippen molar-refractivity contribution in [1.82, 2.24) is 10.1 Å². The third kappa shape index (κ3) is 3.96. The fourth-order valence-electron chi connectivity index (χ4n) is 2.62. The highest BCUT2D eigenvalue weighted by Gasteiger charge is 2.17. The van der Waals surface area contributed by atoms with Gasteiger partial charge in [-0.3, -0.25) is 4.79 Å². The van der Waals surface area contributed by atoms with Gasteiger partial charge in [0.2, 0.25) is 11.7 Å². The van der Waals surface area contributed by atoms with Crippen LogP contribution < -0.4 is 5.32 Å². The van der Waals surface area contributed by atoms with Gasteiger partial charge in [-0.15, -0.1) is 11.3 Å². The van der Waals surface area contributed by atoms with Crippen LogP contribution in [-0.2, 0) is 11.2 Å². The summed E-state index contributed by atoms with van der Waals surface area (Å²) >= 11 is 1.33. The van der Waals surface area contributed by atoms with Crippen molar-refractivity contribution >= 4 is 22.9 Å². The lowest BCUT2D eigenvalue weighted by Gasteiger charge is -2.05. The number of aromatic nitrogens is 2. The second-order valence-electron chi connectivity index (χ2n) is 5.95. The molecule has 28 heavy (non-hydrogen) atoms. The monoisotopic (exact) mass is 397 g/mol. The zero-order chi connectivity index (χ0) is 19.5. The summed E-state index contributed by atoms with van der Waals surface area (Å²) in [6.07, 6.45) is 0.105. The molecule has 1 amide bonds. The van der Waals surface area contributed by atoms with Crippen LogP contribution >= 0.6 is 11.3 Å². The van der Waals surface area contributed by atoms with Gasteiger partial charge in [-0.2, -0.15) is 4.98 Å². The van der Waals surface area contributed by atoms with E-state index in [4.69, 9.17) is 4.52 Å². The third-order valence-corrected chi connectivity index (χ3v) is 4.82. The second kappa shape index (κ2) is 7.69. The quantitative estimate of drug-likeness (QED) is 0.519. The fourth-order valence-corrected chi connectivity index (χ4v) is 3.39. The Morgan fingerprint density at radius 1 is 1.07 bits per heavy atom. The minimum absolute atomic E-state index is 0.105. The maximum Gasteiger partial charge on any atom is 0.270 e. The van der Waals surface area contributed by atoms with Crippen LogP contribution in [0.2, 0.25) is 0 Å². The molecule has 2 aromatic heterocycles. The number of anilines is 1. The van der Waals surface area contributed by atoms with E-state index in [2.05, 4.69) is 15.5 Å². The molecular weight excluding hydrogens is 384 g/mol. The van der Waals surface area contributed by atoms with Crippen molar-refractivity contribution in [2.45, 2.75) is 6.42 Å². The Balaban J connectivity index is 1.51. The molecule has 0 atom stereocenters. The molecule has 2 heterocycles. The second-order valence-corrected chi connectivity index (χ2v) is 6.86. The average Bonchev–Trinajstić information content (AvgIpc) is 3.33. The summed E-state index contributed by atoms with van der Waals surface area (Å²) in [6.45, 7) is 0. The van der Waals surface area contributed by atoms with Crippen molar-refractivity contribution < 1.29 is 18.1 Å². The molecule has 0 unspecified atom stereocenters. The molecule has 0 saturated heterocycles. The number of hydrogen-bond donors (Lipinski definition) is 1. The maximum atomic E-state index is 13.4. The summed E-state index contributed by atoms with van der Waals surface area (Å²) in [4.78, 5) is 17.2. The summed E-state index contributed by atoms with van der Waals surface area (Å²) in [5.74, 6) is -0.516. The highest BCUT2D eigenvalue weighted by molar-refractivity contribution is 7.14. The van der Waals surface area contributed by atoms with E-state index in [0.717, 1.165) is 0 Å². The van der Waals surface area contributed by atoms with Gasteiger partial charge >= 0.3 is 0 Å². The Kier molecular flexibility index (Phi) is 4.94. The summed E-state index contributed by atoms with van der Waals surface area (Å²) in [6, 6.07) is 13.4. The average molecular weight is 397 g/mol. The smallest absolute Gasteiger partial charge is 0.270 e. The number of benzene rings is 2. The van der Waals surface area contributed by atoms with Gasteiger partial charge in [0.05, 0.1) is 12.1 Å². The van der Waals surface area contributed by atoms with Crippen molar-refractivity contribution in [2.24, 2.45) is 0 Å². The predicted molar refractivity (Wildman–Crippen MR) is 102 cm³/mol. The summed E-state index contributed by atoms with van der Waals surface area (Å²) in [5, 5.41) is 8.47. The van der Waals surface area contributed by atoms with E-state index in [1.807, 2.05) is 0 Å². The van der Waals surface area contributed by atoms with Gasteiger partial charge in [0, 0.05) is 5.56 Å². The number of nitrogens with zero attached hydrogens (tertiary/aromatic N) is 2. The van der Waals surface area contributed by atoms with Crippen molar-refractivity contribution in [1.29, 1.82) is 0 Å². The molecule has 0 radical (unpaired) electrons. The minimum Gasteiger partial charge on any atom is -0.333 e. The topological polar surface area (TPSA) is 68.0 Å². The first-order chi connectivity index (χ1) is 13.6. The van der Waals surface area contributed by atoms with Crippen molar-refractivity contribution in [3.05, 3.63) is 77.2 Å². The summed E-state index contributed by atoms with van der Waals surface area (Å²) < 4.78 is 31.7. The number of halogens is 2. The van der Waals surface area contributed by atoms with Gasteiger partial charge in [0.1, 0.15) is 16.5 Å². The Morgan fingerprint density at radius 2 is 1.89 bits per heavy atom. The largest absolute Gasteiger partial charge is 0.333 e. The highest BCUT2D eigenvalue weighted by Crippen LogP contribution is 2.33. The highest BCUT2D eigenvalue weighted by atomic mass is 32.1. The normalized spacial score (nSPS) is 10.8. The third-order valence-electron chi connectivity index (χ3n) is 3.92. The Hall–Kier alpha value is -3.39. The predicted octanol–water partition coefficient (Wildman–Crippen LogP) is 4.92. The van der Waals surface area contributed by atoms with E-state index in [1.165, 1.54) is 35.6 Å². The molecule has 0 aliphatic heterocycles. The summed E-state index contributed by atoms with van der Waals surface area (Å²) in [7, 11) is 0. The molecule has 0 fully saturated rings. The first-order valence-corrected chi connectivity index (χ1v) is 9.18. The molecule has 4 rings (SSSR count). The molecule has 4 aromatic rings. The molecular formula is C20H13F2N3O2S. The van der Waals surface area contributed by atoms with Crippen LogP contribution in [0.5, 0.6) is 0 Å². The number of nitrogens with one attached hydrogen (secondary N) is 1. The molecule has 1 N–H and O–H groups in total. The lowest BCUT2D eigenvalue weighted by Crippen LogP contribution is -2.14. The van der Waals surface area contributed by atoms with Crippen molar-refractivity contribution in [2.75, 3.05) is 5.32 Å². The van der Waals surface area contributed by atoms with Crippen LogP contribution in [-0.4, -0.2) is 16.0 Å². The number of amides is 1. The first-order valence-electron chi connectivity index (χ1n) is 8.30. The van der Waals surface area contributed by atoms with Gasteiger partial charge in [-0.1, -0.05) is 29.4 Å². The standard InChI is InChI=1S/C20H13F2N3O2S/c21-14-6-4-12(5-7-14)10-17(26)23-16-8-9-28-18(16)20-24-19(25-27-20)13-2-1-3-15(22)11-13/h1-9,11H,10H2,(H,23,26). The Labute approximate surface area is 162 Å². The van der Waals surface area contributed by atoms with E-state index in [1.54, 1.807) is 35.7 Å². The number of carbonyl (C=O) groups is 1. The zero-order valence-corrected chi connectivity index (χ0v) is 15.2. The Bertz CT molecular complexity index is 1120. The van der Waals surface area contributed by atoms with E-state index in [-0.39, 0.29) is 29.9 Å². The van der Waals surface area contributed by atoms with Crippen LogP contribution in [0, 0.1) is 11.6 Å². The number of carbonyl (C=O) groups excluding carboxylic acids is 1. The molecule has 0 spiro atoms. The van der Waals surface area contributed by atoms with Crippen LogP contribution in [0.4, 0.5) is 14.5 Å². The molecule has 0 aliphatic rings. The molecule has 8 heteroatoms. The van der Waals surface area contributed by atoms with Crippen LogP contribution in [0.25, 0.3) is 22.2 Å². The SMILES string of the molecule is O=C(Cc1ccc(F)cc1)Nc1ccsc1-c1nc(-c2cccc(F)c2)no1.